The van der Waals surface area contributed by atoms with Crippen molar-refractivity contribution in [2.24, 2.45) is 0 Å². The molecule has 0 fully saturated rings. The predicted octanol–water partition coefficient (Wildman–Crippen LogP) is 1.59. The zero-order valence-corrected chi connectivity index (χ0v) is 10.0. The van der Waals surface area contributed by atoms with Gasteiger partial charge in [0.15, 0.2) is 0 Å². The summed E-state index contributed by atoms with van der Waals surface area (Å²) in [6.45, 7) is 0. The monoisotopic (exact) mass is 294 g/mol. The highest BCUT2D eigenvalue weighted by atomic mass is 79.9. The third-order valence-corrected chi connectivity index (χ3v) is 2.41. The van der Waals surface area contributed by atoms with E-state index in [9.17, 15) is 9.90 Å². The van der Waals surface area contributed by atoms with Crippen LogP contribution in [0.3, 0.4) is 0 Å². The van der Waals surface area contributed by atoms with Crippen LogP contribution >= 0.6 is 15.9 Å². The number of aromatic hydroxyl groups is 1. The summed E-state index contributed by atoms with van der Waals surface area (Å²) in [6.07, 6.45) is 2.80. The summed E-state index contributed by atoms with van der Waals surface area (Å²) in [4.78, 5) is 15.5. The minimum absolute atomic E-state index is 0.0832. The number of halogens is 1. The number of carbonyl (C=O) groups excluding carboxylic acids is 1. The van der Waals surface area contributed by atoms with Gasteiger partial charge in [-0.1, -0.05) is 15.9 Å². The Hall–Kier alpha value is -2.02. The Morgan fingerprint density at radius 1 is 1.35 bits per heavy atom. The summed E-state index contributed by atoms with van der Waals surface area (Å²) in [7, 11) is 0. The Morgan fingerprint density at radius 2 is 2.18 bits per heavy atom. The Labute approximate surface area is 105 Å². The van der Waals surface area contributed by atoms with Crippen molar-refractivity contribution in [1.82, 2.24) is 15.2 Å². The number of phenolic OH excluding ortho intramolecular Hbond substituents is 1. The van der Waals surface area contributed by atoms with Gasteiger partial charge < -0.3 is 5.11 Å². The Morgan fingerprint density at radius 3 is 2.82 bits per heavy atom. The number of hydrogen-bond donors (Lipinski definition) is 2. The number of benzene rings is 1. The molecule has 0 atom stereocenters. The number of nitrogens with one attached hydrogen (secondary N) is 1. The van der Waals surface area contributed by atoms with Crippen molar-refractivity contribution in [3.63, 3.8) is 0 Å². The first-order valence-corrected chi connectivity index (χ1v) is 5.39. The molecule has 6 nitrogen and oxygen atoms in total. The molecule has 0 aliphatic heterocycles. The summed E-state index contributed by atoms with van der Waals surface area (Å²) >= 11 is 3.19. The average Bonchev–Trinajstić information content (AvgIpc) is 2.30. The Balaban J connectivity index is 2.21. The summed E-state index contributed by atoms with van der Waals surface area (Å²) in [6, 6.07) is 4.57. The van der Waals surface area contributed by atoms with E-state index in [-0.39, 0.29) is 17.3 Å². The highest BCUT2D eigenvalue weighted by Gasteiger charge is 2.12. The van der Waals surface area contributed by atoms with E-state index >= 15 is 0 Å². The van der Waals surface area contributed by atoms with Gasteiger partial charge in [0.1, 0.15) is 5.75 Å². The molecule has 0 unspecified atom stereocenters. The molecule has 0 bridgehead atoms. The second-order valence-electron chi connectivity index (χ2n) is 3.08. The van der Waals surface area contributed by atoms with Gasteiger partial charge in [-0.25, -0.2) is 4.98 Å². The molecular formula is C10H7BrN4O2. The normalized spacial score (nSPS) is 9.94. The van der Waals surface area contributed by atoms with Crippen molar-refractivity contribution in [1.29, 1.82) is 0 Å². The third-order valence-electron chi connectivity index (χ3n) is 1.91. The zero-order chi connectivity index (χ0) is 12.3. The van der Waals surface area contributed by atoms with Crippen molar-refractivity contribution >= 4 is 27.8 Å². The lowest BCUT2D eigenvalue weighted by Gasteiger charge is -2.04. The highest BCUT2D eigenvalue weighted by Crippen LogP contribution is 2.22. The first kappa shape index (κ1) is 11.5. The fourth-order valence-electron chi connectivity index (χ4n) is 1.17. The highest BCUT2D eigenvalue weighted by molar-refractivity contribution is 9.10. The van der Waals surface area contributed by atoms with Crippen LogP contribution in [-0.4, -0.2) is 26.2 Å². The van der Waals surface area contributed by atoms with Crippen molar-refractivity contribution in [3.8, 4) is 5.75 Å². The number of carbonyl (C=O) groups is 1. The van der Waals surface area contributed by atoms with Crippen LogP contribution < -0.4 is 5.32 Å². The fourth-order valence-corrected chi connectivity index (χ4v) is 1.52. The molecule has 0 saturated carbocycles. The maximum Gasteiger partial charge on any atom is 0.261 e. The molecular weight excluding hydrogens is 288 g/mol. The SMILES string of the molecule is O=C(Nc1nccnn1)c1ccc(Br)cc1O. The lowest BCUT2D eigenvalue weighted by atomic mass is 10.2. The summed E-state index contributed by atoms with van der Waals surface area (Å²) in [5.74, 6) is -0.538. The van der Waals surface area contributed by atoms with Crippen molar-refractivity contribution in [2.75, 3.05) is 5.32 Å². The van der Waals surface area contributed by atoms with E-state index in [0.717, 1.165) is 0 Å². The van der Waals surface area contributed by atoms with Crippen molar-refractivity contribution in [2.45, 2.75) is 0 Å². The second kappa shape index (κ2) is 4.88. The molecule has 2 N–H and O–H groups in total. The summed E-state index contributed by atoms with van der Waals surface area (Å²) in [5, 5.41) is 19.2. The minimum atomic E-state index is -0.497. The van der Waals surface area contributed by atoms with E-state index in [4.69, 9.17) is 0 Å². The maximum absolute atomic E-state index is 11.8. The van der Waals surface area contributed by atoms with Gasteiger partial charge in [-0.15, -0.1) is 5.10 Å². The molecule has 86 valence electrons. The molecule has 2 rings (SSSR count). The molecule has 2 aromatic rings. The van der Waals surface area contributed by atoms with Crippen LogP contribution in [0, 0.1) is 0 Å². The summed E-state index contributed by atoms with van der Waals surface area (Å²) in [5.41, 5.74) is 0.139. The van der Waals surface area contributed by atoms with Gasteiger partial charge in [-0.3, -0.25) is 10.1 Å². The second-order valence-corrected chi connectivity index (χ2v) is 4.00. The topological polar surface area (TPSA) is 88.0 Å². The van der Waals surface area contributed by atoms with Crippen LogP contribution in [0.4, 0.5) is 5.95 Å². The van der Waals surface area contributed by atoms with Gasteiger partial charge in [0.05, 0.1) is 18.0 Å². The van der Waals surface area contributed by atoms with Crippen LogP contribution in [0.15, 0.2) is 35.1 Å². The van der Waals surface area contributed by atoms with E-state index in [0.29, 0.717) is 4.47 Å². The number of amides is 1. The lowest BCUT2D eigenvalue weighted by Crippen LogP contribution is -2.14. The summed E-state index contributed by atoms with van der Waals surface area (Å²) < 4.78 is 0.684. The number of nitrogens with zero attached hydrogens (tertiary/aromatic N) is 3. The quantitative estimate of drug-likeness (QED) is 0.878. The van der Waals surface area contributed by atoms with Gasteiger partial charge in [0.25, 0.3) is 5.91 Å². The van der Waals surface area contributed by atoms with E-state index in [1.165, 1.54) is 24.5 Å². The molecule has 0 aliphatic rings. The number of hydrogen-bond acceptors (Lipinski definition) is 5. The van der Waals surface area contributed by atoms with Crippen LogP contribution in [0.5, 0.6) is 5.75 Å². The van der Waals surface area contributed by atoms with Crippen LogP contribution in [0.2, 0.25) is 0 Å². The average molecular weight is 295 g/mol. The first-order chi connectivity index (χ1) is 8.16. The molecule has 7 heteroatoms. The van der Waals surface area contributed by atoms with Crippen LogP contribution in [0.1, 0.15) is 10.4 Å². The van der Waals surface area contributed by atoms with E-state index in [1.54, 1.807) is 6.07 Å². The number of rotatable bonds is 2. The van der Waals surface area contributed by atoms with Crippen molar-refractivity contribution < 1.29 is 9.90 Å². The molecule has 0 spiro atoms. The van der Waals surface area contributed by atoms with Crippen molar-refractivity contribution in [3.05, 3.63) is 40.6 Å². The molecule has 0 saturated heterocycles. The van der Waals surface area contributed by atoms with E-state index in [1.807, 2.05) is 0 Å². The number of phenols is 1. The minimum Gasteiger partial charge on any atom is -0.507 e. The first-order valence-electron chi connectivity index (χ1n) is 4.60. The Bertz CT molecular complexity index is 547. The van der Waals surface area contributed by atoms with Gasteiger partial charge in [-0.05, 0) is 18.2 Å². The third kappa shape index (κ3) is 2.76. The number of anilines is 1. The molecule has 0 aliphatic carbocycles. The van der Waals surface area contributed by atoms with Gasteiger partial charge >= 0.3 is 0 Å². The molecule has 1 heterocycles. The van der Waals surface area contributed by atoms with E-state index in [2.05, 4.69) is 36.4 Å². The molecule has 17 heavy (non-hydrogen) atoms. The maximum atomic E-state index is 11.8. The predicted molar refractivity (Wildman–Crippen MR) is 63.6 cm³/mol. The molecule has 1 aromatic carbocycles. The van der Waals surface area contributed by atoms with Crippen LogP contribution in [-0.2, 0) is 0 Å². The standard InChI is InChI=1S/C10H7BrN4O2/c11-6-1-2-7(8(16)5-6)9(17)14-10-12-3-4-13-15-10/h1-5,16H,(H,12,14,15,17). The van der Waals surface area contributed by atoms with E-state index < -0.39 is 5.91 Å². The van der Waals surface area contributed by atoms with Gasteiger partial charge in [0.2, 0.25) is 5.95 Å². The number of aromatic nitrogens is 3. The van der Waals surface area contributed by atoms with Gasteiger partial charge in [0, 0.05) is 4.47 Å². The fraction of sp³-hybridized carbons (Fsp3) is 0. The van der Waals surface area contributed by atoms with Crippen LogP contribution in [0.25, 0.3) is 0 Å². The molecule has 0 radical (unpaired) electrons. The zero-order valence-electron chi connectivity index (χ0n) is 8.46. The van der Waals surface area contributed by atoms with Gasteiger partial charge in [-0.2, -0.15) is 5.10 Å². The smallest absolute Gasteiger partial charge is 0.261 e. The Kier molecular flexibility index (Phi) is 3.29. The largest absolute Gasteiger partial charge is 0.507 e. The molecule has 1 aromatic heterocycles. The molecule has 1 amide bonds. The lowest BCUT2D eigenvalue weighted by molar-refractivity contribution is 0.102.